The first-order valence-electron chi connectivity index (χ1n) is 21.3. The SMILES string of the molecule is O=c1c(NC2CCN(Cc3ccc4ccccc4c3)CC2)nccn1CCc1ccc2cc(CN3CCC(Nc4nccn(CCC5OCCO5)c4=O)CC3)ccc2c1. The van der Waals surface area contributed by atoms with E-state index >= 15 is 0 Å². The van der Waals surface area contributed by atoms with Crippen molar-refractivity contribution < 1.29 is 9.47 Å². The molecule has 59 heavy (non-hydrogen) atoms. The second-order valence-corrected chi connectivity index (χ2v) is 16.3. The Labute approximate surface area is 344 Å². The summed E-state index contributed by atoms with van der Waals surface area (Å²) in [6.45, 7) is 8.04. The number of piperidine rings is 2. The summed E-state index contributed by atoms with van der Waals surface area (Å²) in [6, 6.07) is 29.1. The van der Waals surface area contributed by atoms with Crippen molar-refractivity contribution in [1.29, 1.82) is 0 Å². The van der Waals surface area contributed by atoms with Crippen LogP contribution < -0.4 is 21.8 Å². The Hall–Kier alpha value is -5.40. The first-order valence-corrected chi connectivity index (χ1v) is 21.3. The van der Waals surface area contributed by atoms with Gasteiger partial charge >= 0.3 is 0 Å². The monoisotopic (exact) mass is 794 g/mol. The van der Waals surface area contributed by atoms with E-state index in [0.717, 1.165) is 71.4 Å². The Morgan fingerprint density at radius 3 is 1.63 bits per heavy atom. The van der Waals surface area contributed by atoms with E-state index in [-0.39, 0.29) is 29.5 Å². The lowest BCUT2D eigenvalue weighted by molar-refractivity contribution is -0.0492. The number of hydrogen-bond acceptors (Lipinski definition) is 10. The van der Waals surface area contributed by atoms with Crippen molar-refractivity contribution in [1.82, 2.24) is 28.9 Å². The van der Waals surface area contributed by atoms with Crippen LogP contribution in [0.2, 0.25) is 0 Å². The van der Waals surface area contributed by atoms with Gasteiger partial charge < -0.3 is 29.2 Å². The van der Waals surface area contributed by atoms with Crippen LogP contribution >= 0.6 is 0 Å². The maximum atomic E-state index is 13.5. The van der Waals surface area contributed by atoms with Crippen molar-refractivity contribution >= 4 is 33.2 Å². The van der Waals surface area contributed by atoms with Gasteiger partial charge in [-0.05, 0) is 82.5 Å². The maximum Gasteiger partial charge on any atom is 0.293 e. The fraction of sp³-hybridized carbons (Fsp3) is 0.404. The maximum absolute atomic E-state index is 13.5. The van der Waals surface area contributed by atoms with E-state index in [4.69, 9.17) is 9.47 Å². The molecule has 0 aliphatic carbocycles. The number of anilines is 2. The first kappa shape index (κ1) is 39.1. The van der Waals surface area contributed by atoms with Gasteiger partial charge in [0.25, 0.3) is 11.1 Å². The molecule has 3 aliphatic heterocycles. The van der Waals surface area contributed by atoms with E-state index in [1.54, 1.807) is 33.9 Å². The van der Waals surface area contributed by atoms with Crippen molar-refractivity contribution in [2.75, 3.05) is 50.0 Å². The third kappa shape index (κ3) is 9.74. The average Bonchev–Trinajstić information content (AvgIpc) is 3.79. The molecule has 12 nitrogen and oxygen atoms in total. The molecule has 3 fully saturated rings. The Morgan fingerprint density at radius 1 is 0.576 bits per heavy atom. The molecule has 0 atom stereocenters. The van der Waals surface area contributed by atoms with Crippen LogP contribution in [0.1, 0.15) is 48.8 Å². The Balaban J connectivity index is 0.729. The second kappa shape index (κ2) is 18.3. The van der Waals surface area contributed by atoms with Gasteiger partial charge in [-0.1, -0.05) is 66.7 Å². The Kier molecular flexibility index (Phi) is 12.1. The lowest BCUT2D eigenvalue weighted by atomic mass is 10.0. The number of benzene rings is 4. The van der Waals surface area contributed by atoms with Gasteiger partial charge in [0, 0.05) is 95.6 Å². The fourth-order valence-corrected chi connectivity index (χ4v) is 8.82. The van der Waals surface area contributed by atoms with Gasteiger partial charge in [0.15, 0.2) is 17.9 Å². The summed E-state index contributed by atoms with van der Waals surface area (Å²) in [6.07, 6.45) is 12.0. The normalized spacial score (nSPS) is 17.6. The summed E-state index contributed by atoms with van der Waals surface area (Å²) in [5.74, 6) is 0.861. The van der Waals surface area contributed by atoms with Gasteiger partial charge in [0.1, 0.15) is 0 Å². The molecule has 3 aliphatic rings. The van der Waals surface area contributed by atoms with Crippen LogP contribution in [0.5, 0.6) is 0 Å². The number of ether oxygens (including phenoxy) is 2. The molecule has 0 spiro atoms. The lowest BCUT2D eigenvalue weighted by Gasteiger charge is -2.32. The molecule has 3 saturated heterocycles. The van der Waals surface area contributed by atoms with Crippen LogP contribution in [-0.4, -0.2) is 86.7 Å². The number of hydrogen-bond donors (Lipinski definition) is 2. The Bertz CT molecular complexity index is 2480. The zero-order chi connectivity index (χ0) is 40.0. The molecule has 4 aromatic carbocycles. The summed E-state index contributed by atoms with van der Waals surface area (Å²) in [5.41, 5.74) is 3.67. The molecule has 0 saturated carbocycles. The number of nitrogens with one attached hydrogen (secondary N) is 2. The topological polar surface area (TPSA) is 119 Å². The number of likely N-dealkylation sites (tertiary alicyclic amines) is 2. The number of aryl methyl sites for hydroxylation is 3. The highest BCUT2D eigenvalue weighted by molar-refractivity contribution is 5.84. The van der Waals surface area contributed by atoms with Gasteiger partial charge in [-0.15, -0.1) is 0 Å². The molecular formula is C47H54N8O4. The summed E-state index contributed by atoms with van der Waals surface area (Å²) in [4.78, 5) is 40.3. The van der Waals surface area contributed by atoms with Crippen LogP contribution in [0.15, 0.2) is 113 Å². The number of aromatic nitrogens is 4. The molecule has 0 radical (unpaired) electrons. The predicted molar refractivity (Wildman–Crippen MR) is 233 cm³/mol. The minimum atomic E-state index is -0.238. The van der Waals surface area contributed by atoms with E-state index in [2.05, 4.69) is 109 Å². The summed E-state index contributed by atoms with van der Waals surface area (Å²) < 4.78 is 14.5. The van der Waals surface area contributed by atoms with Crippen LogP contribution in [0.4, 0.5) is 11.6 Å². The van der Waals surface area contributed by atoms with E-state index in [1.807, 2.05) is 0 Å². The molecule has 9 rings (SSSR count). The van der Waals surface area contributed by atoms with Gasteiger partial charge in [0.05, 0.1) is 13.2 Å². The van der Waals surface area contributed by atoms with E-state index in [1.165, 1.54) is 38.2 Å². The first-order chi connectivity index (χ1) is 29.0. The van der Waals surface area contributed by atoms with Gasteiger partial charge in [0.2, 0.25) is 0 Å². The molecular weight excluding hydrogens is 741 g/mol. The zero-order valence-corrected chi connectivity index (χ0v) is 33.7. The molecule has 2 N–H and O–H groups in total. The summed E-state index contributed by atoms with van der Waals surface area (Å²) >= 11 is 0. The second-order valence-electron chi connectivity index (χ2n) is 16.3. The molecule has 0 amide bonds. The van der Waals surface area contributed by atoms with E-state index in [0.29, 0.717) is 44.4 Å². The average molecular weight is 795 g/mol. The van der Waals surface area contributed by atoms with Crippen LogP contribution in [0.25, 0.3) is 21.5 Å². The molecule has 6 aromatic rings. The van der Waals surface area contributed by atoms with Crippen molar-refractivity contribution in [2.24, 2.45) is 0 Å². The minimum Gasteiger partial charge on any atom is -0.363 e. The molecule has 12 heteroatoms. The molecule has 0 unspecified atom stereocenters. The van der Waals surface area contributed by atoms with E-state index < -0.39 is 0 Å². The summed E-state index contributed by atoms with van der Waals surface area (Å²) in [7, 11) is 0. The van der Waals surface area contributed by atoms with Crippen molar-refractivity contribution in [2.45, 2.75) is 83.1 Å². The largest absolute Gasteiger partial charge is 0.363 e. The molecule has 306 valence electrons. The van der Waals surface area contributed by atoms with E-state index in [9.17, 15) is 9.59 Å². The highest BCUT2D eigenvalue weighted by atomic mass is 16.7. The Morgan fingerprint density at radius 2 is 1.05 bits per heavy atom. The number of nitrogens with zero attached hydrogens (tertiary/aromatic N) is 6. The molecule has 0 bridgehead atoms. The van der Waals surface area contributed by atoms with Crippen LogP contribution in [0, 0.1) is 0 Å². The lowest BCUT2D eigenvalue weighted by Crippen LogP contribution is -2.40. The van der Waals surface area contributed by atoms with Gasteiger partial charge in [-0.3, -0.25) is 19.4 Å². The highest BCUT2D eigenvalue weighted by Gasteiger charge is 2.23. The quantitative estimate of drug-likeness (QED) is 0.131. The van der Waals surface area contributed by atoms with Crippen LogP contribution in [0.3, 0.4) is 0 Å². The van der Waals surface area contributed by atoms with Crippen LogP contribution in [-0.2, 0) is 42.1 Å². The summed E-state index contributed by atoms with van der Waals surface area (Å²) in [5, 5.41) is 11.9. The third-order valence-electron chi connectivity index (χ3n) is 12.2. The standard InChI is InChI=1S/C47H54N8O4/c56-46-44(50-41-12-19-52(20-13-41)32-35-6-8-37-3-1-2-4-38(37)30-35)48-17-25-54(46)23-11-34-5-9-40-31-36(7-10-39(40)29-34)33-53-21-14-42(15-22-53)51-45-47(57)55(26-18-49-45)24-16-43-58-27-28-59-43/h1-10,17-18,25-26,29-31,41-43H,11-16,19-24,27-28,32-33H2,(H,48,50)(H,49,51). The number of fused-ring (bicyclic) bond motifs is 2. The van der Waals surface area contributed by atoms with Gasteiger partial charge in [-0.2, -0.15) is 0 Å². The highest BCUT2D eigenvalue weighted by Crippen LogP contribution is 2.23. The minimum absolute atomic E-state index is 0.0621. The zero-order valence-electron chi connectivity index (χ0n) is 33.7. The predicted octanol–water partition coefficient (Wildman–Crippen LogP) is 6.27. The van der Waals surface area contributed by atoms with Crippen molar-refractivity contribution in [3.8, 4) is 0 Å². The van der Waals surface area contributed by atoms with Crippen molar-refractivity contribution in [3.05, 3.63) is 141 Å². The molecule has 5 heterocycles. The fourth-order valence-electron chi connectivity index (χ4n) is 8.82. The molecule has 2 aromatic heterocycles. The van der Waals surface area contributed by atoms with Gasteiger partial charge in [-0.25, -0.2) is 9.97 Å². The number of rotatable bonds is 14. The van der Waals surface area contributed by atoms with Crippen molar-refractivity contribution in [3.63, 3.8) is 0 Å². The smallest absolute Gasteiger partial charge is 0.293 e. The third-order valence-corrected chi connectivity index (χ3v) is 12.2.